The van der Waals surface area contributed by atoms with Gasteiger partial charge in [-0.25, -0.2) is 0 Å². The van der Waals surface area contributed by atoms with Crippen molar-refractivity contribution in [3.63, 3.8) is 0 Å². The van der Waals surface area contributed by atoms with Gasteiger partial charge < -0.3 is 24.6 Å². The third kappa shape index (κ3) is 4.85. The summed E-state index contributed by atoms with van der Waals surface area (Å²) in [6.45, 7) is 4.10. The van der Waals surface area contributed by atoms with Gasteiger partial charge in [0, 0.05) is 28.3 Å². The molecule has 0 amide bonds. The number of hydrogen-bond acceptors (Lipinski definition) is 4. The number of aryl methyl sites for hydroxylation is 1. The van der Waals surface area contributed by atoms with Crippen LogP contribution in [0.1, 0.15) is 60.4 Å². The molecule has 200 valence electrons. The van der Waals surface area contributed by atoms with E-state index in [-0.39, 0.29) is 17.8 Å². The van der Waals surface area contributed by atoms with Crippen molar-refractivity contribution in [3.8, 4) is 17.2 Å². The van der Waals surface area contributed by atoms with Crippen LogP contribution in [0.2, 0.25) is 5.02 Å². The number of thiocarbonyl (C=S) groups is 1. The first-order chi connectivity index (χ1) is 18.9. The van der Waals surface area contributed by atoms with Gasteiger partial charge in [0.2, 0.25) is 0 Å². The fraction of sp³-hybridized carbons (Fsp3) is 0.290. The number of nitrogens with one attached hydrogen (secondary N) is 1. The largest absolute Gasteiger partial charge is 0.506 e. The second-order valence-corrected chi connectivity index (χ2v) is 11.1. The highest BCUT2D eigenvalue weighted by Crippen LogP contribution is 2.44. The van der Waals surface area contributed by atoms with Gasteiger partial charge in [0.25, 0.3) is 0 Å². The number of hydrogen-bond donors (Lipinski definition) is 2. The summed E-state index contributed by atoms with van der Waals surface area (Å²) < 4.78 is 8.26. The Kier molecular flexibility index (Phi) is 6.95. The molecule has 39 heavy (non-hydrogen) atoms. The van der Waals surface area contributed by atoms with Crippen LogP contribution in [0.4, 0.5) is 5.69 Å². The molecule has 1 aliphatic carbocycles. The first-order valence-electron chi connectivity index (χ1n) is 13.4. The van der Waals surface area contributed by atoms with Crippen molar-refractivity contribution in [2.24, 2.45) is 0 Å². The van der Waals surface area contributed by atoms with Crippen molar-refractivity contribution >= 4 is 34.6 Å². The molecule has 1 saturated heterocycles. The third-order valence-electron chi connectivity index (χ3n) is 7.79. The molecule has 2 N–H and O–H groups in total. The van der Waals surface area contributed by atoms with Gasteiger partial charge in [-0.3, -0.25) is 4.98 Å². The summed E-state index contributed by atoms with van der Waals surface area (Å²) in [6.07, 6.45) is 6.82. The Morgan fingerprint density at radius 1 is 1.03 bits per heavy atom. The minimum atomic E-state index is -0.171. The molecule has 4 aromatic rings. The number of phenolic OH excluding ortho intramolecular Hbond substituents is 1. The molecule has 6 nitrogen and oxygen atoms in total. The molecule has 1 saturated carbocycles. The summed E-state index contributed by atoms with van der Waals surface area (Å²) >= 11 is 12.2. The number of aromatic hydroxyl groups is 1. The zero-order valence-corrected chi connectivity index (χ0v) is 23.5. The third-order valence-corrected chi connectivity index (χ3v) is 8.33. The van der Waals surface area contributed by atoms with E-state index in [0.717, 1.165) is 46.9 Å². The molecule has 0 unspecified atom stereocenters. The fourth-order valence-electron chi connectivity index (χ4n) is 5.97. The van der Waals surface area contributed by atoms with Gasteiger partial charge in [0.05, 0.1) is 29.6 Å². The van der Waals surface area contributed by atoms with Crippen molar-refractivity contribution in [1.29, 1.82) is 0 Å². The number of rotatable bonds is 6. The van der Waals surface area contributed by atoms with Crippen LogP contribution in [-0.4, -0.2) is 25.9 Å². The summed E-state index contributed by atoms with van der Waals surface area (Å²) in [4.78, 5) is 6.84. The predicted octanol–water partition coefficient (Wildman–Crippen LogP) is 7.35. The summed E-state index contributed by atoms with van der Waals surface area (Å²) in [5, 5.41) is 15.4. The Bertz CT molecular complexity index is 1500. The molecule has 2 aromatic heterocycles. The maximum Gasteiger partial charge on any atom is 0.174 e. The molecule has 0 radical (unpaired) electrons. The Balaban J connectivity index is 1.43. The molecule has 0 spiro atoms. The van der Waals surface area contributed by atoms with E-state index in [0.29, 0.717) is 21.9 Å². The molecule has 2 aliphatic rings. The second-order valence-electron chi connectivity index (χ2n) is 10.3. The number of benzene rings is 2. The molecular formula is C31H31ClN4O2S. The zero-order chi connectivity index (χ0) is 27.1. The maximum absolute atomic E-state index is 10.7. The van der Waals surface area contributed by atoms with Crippen LogP contribution in [0.15, 0.2) is 72.9 Å². The van der Waals surface area contributed by atoms with E-state index in [1.807, 2.05) is 48.0 Å². The average Bonchev–Trinajstić information content (AvgIpc) is 3.64. The van der Waals surface area contributed by atoms with E-state index < -0.39 is 0 Å². The predicted molar refractivity (Wildman–Crippen MR) is 159 cm³/mol. The van der Waals surface area contributed by atoms with Gasteiger partial charge in [-0.05, 0) is 118 Å². The lowest BCUT2D eigenvalue weighted by Gasteiger charge is -2.28. The highest BCUT2D eigenvalue weighted by Gasteiger charge is 2.42. The molecule has 8 heteroatoms. The number of nitrogens with zero attached hydrogens (tertiary/aromatic N) is 3. The highest BCUT2D eigenvalue weighted by molar-refractivity contribution is 7.80. The van der Waals surface area contributed by atoms with Crippen molar-refractivity contribution in [2.75, 3.05) is 4.90 Å². The van der Waals surface area contributed by atoms with Gasteiger partial charge >= 0.3 is 0 Å². The topological polar surface area (TPSA) is 62.5 Å². The molecule has 2 aromatic carbocycles. The first kappa shape index (κ1) is 25.7. The monoisotopic (exact) mass is 558 g/mol. The minimum absolute atomic E-state index is 0.170. The molecular weight excluding hydrogens is 528 g/mol. The lowest BCUT2D eigenvalue weighted by Crippen LogP contribution is -2.29. The molecule has 3 heterocycles. The Labute approximate surface area is 239 Å². The van der Waals surface area contributed by atoms with Crippen LogP contribution in [0, 0.1) is 13.8 Å². The summed E-state index contributed by atoms with van der Waals surface area (Å²) in [5.41, 5.74) is 5.59. The van der Waals surface area contributed by atoms with Crippen molar-refractivity contribution in [2.45, 2.75) is 57.7 Å². The Morgan fingerprint density at radius 2 is 1.79 bits per heavy atom. The highest BCUT2D eigenvalue weighted by atomic mass is 35.5. The first-order valence-corrected chi connectivity index (χ1v) is 14.1. The minimum Gasteiger partial charge on any atom is -0.506 e. The number of phenols is 1. The number of aromatic nitrogens is 2. The smallest absolute Gasteiger partial charge is 0.174 e. The van der Waals surface area contributed by atoms with Gasteiger partial charge in [-0.2, -0.15) is 0 Å². The van der Waals surface area contributed by atoms with E-state index in [4.69, 9.17) is 28.6 Å². The zero-order valence-electron chi connectivity index (χ0n) is 22.0. The van der Waals surface area contributed by atoms with E-state index in [1.165, 1.54) is 12.8 Å². The molecule has 0 bridgehead atoms. The summed E-state index contributed by atoms with van der Waals surface area (Å²) in [6, 6.07) is 21.1. The van der Waals surface area contributed by atoms with Crippen LogP contribution in [0.3, 0.4) is 0 Å². The van der Waals surface area contributed by atoms with Crippen LogP contribution in [0.25, 0.3) is 5.69 Å². The number of pyridine rings is 1. The van der Waals surface area contributed by atoms with E-state index in [9.17, 15) is 5.11 Å². The maximum atomic E-state index is 10.7. The average molecular weight is 559 g/mol. The van der Waals surface area contributed by atoms with Crippen LogP contribution in [-0.2, 0) is 0 Å². The van der Waals surface area contributed by atoms with Gasteiger partial charge in [-0.1, -0.05) is 17.7 Å². The van der Waals surface area contributed by atoms with Crippen LogP contribution < -0.4 is 15.0 Å². The van der Waals surface area contributed by atoms with Crippen LogP contribution in [0.5, 0.6) is 11.5 Å². The van der Waals surface area contributed by atoms with E-state index in [2.05, 4.69) is 40.3 Å². The van der Waals surface area contributed by atoms with Crippen LogP contribution >= 0.6 is 23.8 Å². The number of anilines is 1. The van der Waals surface area contributed by atoms with Crippen molar-refractivity contribution in [1.82, 2.24) is 14.9 Å². The fourth-order valence-corrected chi connectivity index (χ4v) is 6.48. The Morgan fingerprint density at radius 3 is 2.51 bits per heavy atom. The molecule has 6 rings (SSSR count). The van der Waals surface area contributed by atoms with Gasteiger partial charge in [0.15, 0.2) is 5.11 Å². The second kappa shape index (κ2) is 10.5. The molecule has 2 fully saturated rings. The SMILES string of the molecule is Cc1cc([C@H]2[C@H](c3ccccn3)NC(=S)N2c2ccc(OC3CCCC3)cc2)c(C)n1-c1cc(Cl)ccc1O. The standard InChI is InChI=1S/C31H31ClN4O2S/c1-19-17-25(20(2)35(19)27-18-21(32)10-15-28(27)37)30-29(26-9-5-6-16-33-26)34-31(39)36(30)22-11-13-24(14-12-22)38-23-7-3-4-8-23/h5-6,9-18,23,29-30,37H,3-4,7-8H2,1-2H3,(H,34,39)/t29-,30-/m0/s1. The summed E-state index contributed by atoms with van der Waals surface area (Å²) in [7, 11) is 0. The normalized spacial score (nSPS) is 19.5. The molecule has 2 atom stereocenters. The quantitative estimate of drug-likeness (QED) is 0.241. The Hall–Kier alpha value is -3.55. The van der Waals surface area contributed by atoms with E-state index in [1.54, 1.807) is 18.2 Å². The number of ether oxygens (including phenoxy) is 1. The van der Waals surface area contributed by atoms with Crippen molar-refractivity contribution < 1.29 is 9.84 Å². The lowest BCUT2D eigenvalue weighted by molar-refractivity contribution is 0.210. The summed E-state index contributed by atoms with van der Waals surface area (Å²) in [5.74, 6) is 1.06. The molecule has 1 aliphatic heterocycles. The van der Waals surface area contributed by atoms with Crippen molar-refractivity contribution in [3.05, 3.63) is 101 Å². The van der Waals surface area contributed by atoms with Gasteiger partial charge in [-0.15, -0.1) is 0 Å². The number of halogens is 1. The van der Waals surface area contributed by atoms with E-state index >= 15 is 0 Å². The van der Waals surface area contributed by atoms with Gasteiger partial charge in [0.1, 0.15) is 11.5 Å². The lowest BCUT2D eigenvalue weighted by atomic mass is 9.96.